The lowest BCUT2D eigenvalue weighted by Crippen LogP contribution is -2.38. The molecule has 23 heavy (non-hydrogen) atoms. The number of aromatic nitrogens is 5. The van der Waals surface area contributed by atoms with E-state index in [9.17, 15) is 4.79 Å². The molecule has 1 aliphatic carbocycles. The van der Waals surface area contributed by atoms with Crippen molar-refractivity contribution in [3.8, 4) is 5.88 Å². The number of tetrazole rings is 1. The zero-order valence-corrected chi connectivity index (χ0v) is 13.1. The Morgan fingerprint density at radius 1 is 1.48 bits per heavy atom. The van der Waals surface area contributed by atoms with Crippen LogP contribution in [0, 0.1) is 0 Å². The maximum absolute atomic E-state index is 12.5. The van der Waals surface area contributed by atoms with Gasteiger partial charge in [0.2, 0.25) is 11.8 Å². The van der Waals surface area contributed by atoms with Crippen molar-refractivity contribution in [1.29, 1.82) is 0 Å². The molecule has 2 aromatic rings. The summed E-state index contributed by atoms with van der Waals surface area (Å²) in [6.07, 6.45) is 6.71. The highest BCUT2D eigenvalue weighted by Gasteiger charge is 2.53. The van der Waals surface area contributed by atoms with Crippen LogP contribution in [0.15, 0.2) is 24.7 Å². The quantitative estimate of drug-likeness (QED) is 0.732. The largest absolute Gasteiger partial charge is 0.477 e. The first-order valence-corrected chi connectivity index (χ1v) is 7.85. The number of carbonyl (C=O) groups is 1. The van der Waals surface area contributed by atoms with Crippen LogP contribution in [0.2, 0.25) is 0 Å². The van der Waals surface area contributed by atoms with Crippen LogP contribution in [-0.4, -0.2) is 37.7 Å². The zero-order chi connectivity index (χ0) is 16.1. The molecule has 1 saturated carbocycles. The molecule has 1 N–H and O–H groups in total. The van der Waals surface area contributed by atoms with Gasteiger partial charge in [-0.15, -0.1) is 5.10 Å². The van der Waals surface area contributed by atoms with Gasteiger partial charge in [-0.05, 0) is 35.8 Å². The van der Waals surface area contributed by atoms with Crippen molar-refractivity contribution in [2.75, 3.05) is 6.61 Å². The fourth-order valence-corrected chi connectivity index (χ4v) is 2.38. The maximum atomic E-state index is 12.5. The second-order valence-electron chi connectivity index (χ2n) is 5.64. The van der Waals surface area contributed by atoms with E-state index in [1.54, 1.807) is 6.20 Å². The Bertz CT molecular complexity index is 654. The topological polar surface area (TPSA) is 94.8 Å². The SMILES string of the molecule is CCCCOc1ncccc1CNC(=O)C1(n2cnnn2)CC1. The van der Waals surface area contributed by atoms with Crippen molar-refractivity contribution in [3.05, 3.63) is 30.2 Å². The monoisotopic (exact) mass is 316 g/mol. The summed E-state index contributed by atoms with van der Waals surface area (Å²) in [6.45, 7) is 3.11. The van der Waals surface area contributed by atoms with Crippen molar-refractivity contribution in [1.82, 2.24) is 30.5 Å². The van der Waals surface area contributed by atoms with Crippen molar-refractivity contribution in [2.24, 2.45) is 0 Å². The van der Waals surface area contributed by atoms with Crippen LogP contribution in [0.5, 0.6) is 5.88 Å². The van der Waals surface area contributed by atoms with E-state index in [1.807, 2.05) is 12.1 Å². The predicted octanol–water partition coefficient (Wildman–Crippen LogP) is 1.05. The molecule has 0 spiro atoms. The zero-order valence-electron chi connectivity index (χ0n) is 13.1. The molecule has 0 unspecified atom stereocenters. The van der Waals surface area contributed by atoms with Gasteiger partial charge in [0.25, 0.3) is 0 Å². The molecule has 3 rings (SSSR count). The Labute approximate surface area is 134 Å². The van der Waals surface area contributed by atoms with E-state index < -0.39 is 5.54 Å². The van der Waals surface area contributed by atoms with Gasteiger partial charge < -0.3 is 10.1 Å². The molecule has 8 nitrogen and oxygen atoms in total. The highest BCUT2D eigenvalue weighted by molar-refractivity contribution is 5.87. The van der Waals surface area contributed by atoms with Crippen molar-refractivity contribution < 1.29 is 9.53 Å². The minimum atomic E-state index is -0.630. The first-order valence-electron chi connectivity index (χ1n) is 7.85. The molecule has 1 amide bonds. The molecule has 0 aromatic carbocycles. The van der Waals surface area contributed by atoms with Gasteiger partial charge in [0.05, 0.1) is 6.61 Å². The molecule has 2 aromatic heterocycles. The third kappa shape index (κ3) is 3.30. The second kappa shape index (κ2) is 6.72. The van der Waals surface area contributed by atoms with Gasteiger partial charge in [-0.25, -0.2) is 9.67 Å². The van der Waals surface area contributed by atoms with E-state index in [2.05, 4.69) is 32.7 Å². The fourth-order valence-electron chi connectivity index (χ4n) is 2.38. The predicted molar refractivity (Wildman–Crippen MR) is 81.5 cm³/mol. The molecule has 0 bridgehead atoms. The average Bonchev–Trinajstić information content (AvgIpc) is 3.20. The van der Waals surface area contributed by atoms with E-state index in [0.29, 0.717) is 19.0 Å². The molecule has 1 fully saturated rings. The summed E-state index contributed by atoms with van der Waals surface area (Å²) < 4.78 is 7.22. The number of ether oxygens (including phenoxy) is 1. The third-order valence-corrected chi connectivity index (χ3v) is 3.96. The molecule has 8 heteroatoms. The van der Waals surface area contributed by atoms with E-state index in [1.165, 1.54) is 11.0 Å². The standard InChI is InChI=1S/C15H20N6O2/c1-2-3-9-23-13-12(5-4-8-16-13)10-17-14(22)15(6-7-15)21-11-18-19-20-21/h4-5,8,11H,2-3,6-7,9-10H2,1H3,(H,17,22). The van der Waals surface area contributed by atoms with Gasteiger partial charge in [0.15, 0.2) is 0 Å². The van der Waals surface area contributed by atoms with Crippen LogP contribution in [0.25, 0.3) is 0 Å². The Morgan fingerprint density at radius 3 is 3.04 bits per heavy atom. The summed E-state index contributed by atoms with van der Waals surface area (Å²) in [6, 6.07) is 3.74. The summed E-state index contributed by atoms with van der Waals surface area (Å²) in [5.74, 6) is 0.502. The molecule has 0 radical (unpaired) electrons. The second-order valence-corrected chi connectivity index (χ2v) is 5.64. The van der Waals surface area contributed by atoms with E-state index >= 15 is 0 Å². The van der Waals surface area contributed by atoms with Crippen LogP contribution in [0.4, 0.5) is 0 Å². The Morgan fingerprint density at radius 2 is 2.35 bits per heavy atom. The molecule has 2 heterocycles. The highest BCUT2D eigenvalue weighted by Crippen LogP contribution is 2.42. The smallest absolute Gasteiger partial charge is 0.248 e. The first-order chi connectivity index (χ1) is 11.3. The number of hydrogen-bond donors (Lipinski definition) is 1. The molecule has 0 atom stereocenters. The number of amides is 1. The van der Waals surface area contributed by atoms with Crippen LogP contribution in [0.3, 0.4) is 0 Å². The lowest BCUT2D eigenvalue weighted by Gasteiger charge is -2.15. The van der Waals surface area contributed by atoms with Crippen molar-refractivity contribution in [3.63, 3.8) is 0 Å². The molecular formula is C15H20N6O2. The Hall–Kier alpha value is -2.51. The van der Waals surface area contributed by atoms with Crippen LogP contribution < -0.4 is 10.1 Å². The van der Waals surface area contributed by atoms with Gasteiger partial charge in [0, 0.05) is 18.3 Å². The number of hydrogen-bond acceptors (Lipinski definition) is 6. The molecular weight excluding hydrogens is 296 g/mol. The Balaban J connectivity index is 1.61. The van der Waals surface area contributed by atoms with Crippen molar-refractivity contribution in [2.45, 2.75) is 44.7 Å². The third-order valence-electron chi connectivity index (χ3n) is 3.96. The van der Waals surface area contributed by atoms with Gasteiger partial charge in [0.1, 0.15) is 11.9 Å². The number of carbonyl (C=O) groups excluding carboxylic acids is 1. The Kier molecular flexibility index (Phi) is 4.50. The summed E-state index contributed by atoms with van der Waals surface area (Å²) >= 11 is 0. The number of rotatable bonds is 8. The van der Waals surface area contributed by atoms with Gasteiger partial charge in [-0.1, -0.05) is 19.4 Å². The van der Waals surface area contributed by atoms with Crippen LogP contribution in [0.1, 0.15) is 38.2 Å². The maximum Gasteiger partial charge on any atom is 0.248 e. The van der Waals surface area contributed by atoms with Crippen molar-refractivity contribution >= 4 is 5.91 Å². The van der Waals surface area contributed by atoms with E-state index in [-0.39, 0.29) is 5.91 Å². The highest BCUT2D eigenvalue weighted by atomic mass is 16.5. The van der Waals surface area contributed by atoms with Crippen LogP contribution >= 0.6 is 0 Å². The normalized spacial score (nSPS) is 15.2. The minimum absolute atomic E-state index is 0.0758. The first kappa shape index (κ1) is 15.4. The molecule has 122 valence electrons. The summed E-state index contributed by atoms with van der Waals surface area (Å²) in [5.41, 5.74) is 0.235. The van der Waals surface area contributed by atoms with Gasteiger partial charge in [-0.2, -0.15) is 0 Å². The molecule has 1 aliphatic rings. The van der Waals surface area contributed by atoms with E-state index in [4.69, 9.17) is 4.74 Å². The minimum Gasteiger partial charge on any atom is -0.477 e. The average molecular weight is 316 g/mol. The lowest BCUT2D eigenvalue weighted by molar-refractivity contribution is -0.126. The number of nitrogens with zero attached hydrogens (tertiary/aromatic N) is 5. The van der Waals surface area contributed by atoms with E-state index in [0.717, 1.165) is 31.2 Å². The number of unbranched alkanes of at least 4 members (excludes halogenated alkanes) is 1. The molecule has 0 aliphatic heterocycles. The summed E-state index contributed by atoms with van der Waals surface area (Å²) in [4.78, 5) is 16.7. The molecule has 0 saturated heterocycles. The van der Waals surface area contributed by atoms with Gasteiger partial charge in [-0.3, -0.25) is 4.79 Å². The fraction of sp³-hybridized carbons (Fsp3) is 0.533. The number of nitrogens with one attached hydrogen (secondary N) is 1. The number of pyridine rings is 1. The lowest BCUT2D eigenvalue weighted by atomic mass is 10.2. The van der Waals surface area contributed by atoms with Crippen LogP contribution in [-0.2, 0) is 16.9 Å². The summed E-state index contributed by atoms with van der Waals surface area (Å²) in [7, 11) is 0. The summed E-state index contributed by atoms with van der Waals surface area (Å²) in [5, 5.41) is 14.0. The van der Waals surface area contributed by atoms with Gasteiger partial charge >= 0.3 is 0 Å².